The molecule has 0 unspecified atom stereocenters. The Labute approximate surface area is 134 Å². The first-order chi connectivity index (χ1) is 10.8. The number of alkyl halides is 2. The van der Waals surface area contributed by atoms with Gasteiger partial charge in [0.2, 0.25) is 5.91 Å². The molecular weight excluding hydrogens is 309 g/mol. The van der Waals surface area contributed by atoms with E-state index in [2.05, 4.69) is 5.32 Å². The summed E-state index contributed by atoms with van der Waals surface area (Å²) in [4.78, 5) is 12.6. The zero-order valence-electron chi connectivity index (χ0n) is 13.7. The SMILES string of the molecule is CCCCOc1cccc(C(F)(F)CNCC(=O)N(C)C)c1F. The van der Waals surface area contributed by atoms with E-state index in [1.165, 1.54) is 31.1 Å². The summed E-state index contributed by atoms with van der Waals surface area (Å²) in [7, 11) is 3.05. The number of nitrogens with one attached hydrogen (secondary N) is 1. The lowest BCUT2D eigenvalue weighted by atomic mass is 10.1. The summed E-state index contributed by atoms with van der Waals surface area (Å²) in [5.74, 6) is -5.02. The van der Waals surface area contributed by atoms with Gasteiger partial charge < -0.3 is 15.0 Å². The smallest absolute Gasteiger partial charge is 0.288 e. The van der Waals surface area contributed by atoms with E-state index in [9.17, 15) is 18.0 Å². The Morgan fingerprint density at radius 2 is 2.04 bits per heavy atom. The summed E-state index contributed by atoms with van der Waals surface area (Å²) in [6.45, 7) is 1.15. The van der Waals surface area contributed by atoms with Gasteiger partial charge in [-0.05, 0) is 18.6 Å². The zero-order chi connectivity index (χ0) is 17.5. The van der Waals surface area contributed by atoms with Crippen molar-refractivity contribution in [3.05, 3.63) is 29.6 Å². The first-order valence-corrected chi connectivity index (χ1v) is 7.50. The molecule has 23 heavy (non-hydrogen) atoms. The highest BCUT2D eigenvalue weighted by atomic mass is 19.3. The Bertz CT molecular complexity index is 522. The topological polar surface area (TPSA) is 41.6 Å². The molecular formula is C16H23F3N2O2. The summed E-state index contributed by atoms with van der Waals surface area (Å²) in [5.41, 5.74) is -0.740. The van der Waals surface area contributed by atoms with Crippen LogP contribution in [0.1, 0.15) is 25.3 Å². The second-order valence-electron chi connectivity index (χ2n) is 5.42. The molecule has 0 atom stereocenters. The summed E-state index contributed by atoms with van der Waals surface area (Å²) < 4.78 is 47.7. The monoisotopic (exact) mass is 332 g/mol. The van der Waals surface area contributed by atoms with Crippen molar-refractivity contribution in [1.82, 2.24) is 10.2 Å². The number of rotatable bonds is 9. The van der Waals surface area contributed by atoms with Crippen LogP contribution in [0.25, 0.3) is 0 Å². The fraction of sp³-hybridized carbons (Fsp3) is 0.562. The van der Waals surface area contributed by atoms with Crippen molar-refractivity contribution in [2.45, 2.75) is 25.7 Å². The van der Waals surface area contributed by atoms with Crippen LogP contribution in [0, 0.1) is 5.82 Å². The van der Waals surface area contributed by atoms with Crippen molar-refractivity contribution >= 4 is 5.91 Å². The van der Waals surface area contributed by atoms with Gasteiger partial charge in [0.05, 0.1) is 25.3 Å². The number of nitrogens with zero attached hydrogens (tertiary/aromatic N) is 1. The minimum Gasteiger partial charge on any atom is -0.491 e. The number of unbranched alkanes of at least 4 members (excludes halogenated alkanes) is 1. The number of halogens is 3. The lowest BCUT2D eigenvalue weighted by Gasteiger charge is -2.20. The van der Waals surface area contributed by atoms with Crippen molar-refractivity contribution in [3.8, 4) is 5.75 Å². The average molecular weight is 332 g/mol. The quantitative estimate of drug-likeness (QED) is 0.707. The molecule has 0 aliphatic carbocycles. The van der Waals surface area contributed by atoms with Crippen LogP contribution in [0.4, 0.5) is 13.2 Å². The van der Waals surface area contributed by atoms with E-state index in [1.807, 2.05) is 6.92 Å². The largest absolute Gasteiger partial charge is 0.491 e. The van der Waals surface area contributed by atoms with Gasteiger partial charge >= 0.3 is 0 Å². The zero-order valence-corrected chi connectivity index (χ0v) is 13.7. The molecule has 0 radical (unpaired) electrons. The predicted molar refractivity (Wildman–Crippen MR) is 82.3 cm³/mol. The highest BCUT2D eigenvalue weighted by Gasteiger charge is 2.35. The molecule has 7 heteroatoms. The molecule has 0 aliphatic rings. The van der Waals surface area contributed by atoms with Crippen LogP contribution in [0.5, 0.6) is 5.75 Å². The van der Waals surface area contributed by atoms with Gasteiger partial charge in [-0.3, -0.25) is 4.79 Å². The van der Waals surface area contributed by atoms with Crippen LogP contribution < -0.4 is 10.1 Å². The Hall–Kier alpha value is -1.76. The molecule has 1 aromatic carbocycles. The fourth-order valence-corrected chi connectivity index (χ4v) is 1.81. The van der Waals surface area contributed by atoms with E-state index < -0.39 is 23.8 Å². The maximum Gasteiger partial charge on any atom is 0.288 e. The minimum atomic E-state index is -3.44. The molecule has 0 aromatic heterocycles. The van der Waals surface area contributed by atoms with E-state index >= 15 is 0 Å². The molecule has 1 aromatic rings. The lowest BCUT2D eigenvalue weighted by Crippen LogP contribution is -2.38. The Kier molecular flexibility index (Phi) is 7.35. The van der Waals surface area contributed by atoms with E-state index in [0.29, 0.717) is 6.42 Å². The van der Waals surface area contributed by atoms with Gasteiger partial charge in [0.15, 0.2) is 11.6 Å². The number of amides is 1. The van der Waals surface area contributed by atoms with Crippen molar-refractivity contribution in [2.75, 3.05) is 33.8 Å². The minimum absolute atomic E-state index is 0.181. The van der Waals surface area contributed by atoms with E-state index in [4.69, 9.17) is 4.74 Å². The van der Waals surface area contributed by atoms with E-state index in [1.54, 1.807) is 0 Å². The van der Waals surface area contributed by atoms with Gasteiger partial charge in [0.1, 0.15) is 0 Å². The highest BCUT2D eigenvalue weighted by Crippen LogP contribution is 2.33. The van der Waals surface area contributed by atoms with Gasteiger partial charge in [-0.1, -0.05) is 19.4 Å². The first kappa shape index (κ1) is 19.3. The third-order valence-electron chi connectivity index (χ3n) is 3.23. The molecule has 0 aliphatic heterocycles. The molecule has 0 bridgehead atoms. The summed E-state index contributed by atoms with van der Waals surface area (Å²) in [6, 6.07) is 3.68. The maximum absolute atomic E-state index is 14.2. The summed E-state index contributed by atoms with van der Waals surface area (Å²) in [5, 5.41) is 2.36. The standard InChI is InChI=1S/C16H23F3N2O2/c1-4-5-9-23-13-8-6-7-12(15(13)17)16(18,19)11-20-10-14(22)21(2)3/h6-8,20H,4-5,9-11H2,1-3H3. The van der Waals surface area contributed by atoms with Crippen LogP contribution in [0.3, 0.4) is 0 Å². The van der Waals surface area contributed by atoms with Gasteiger partial charge in [-0.2, -0.15) is 8.78 Å². The molecule has 0 fully saturated rings. The number of carbonyl (C=O) groups excluding carboxylic acids is 1. The number of carbonyl (C=O) groups is 1. The second-order valence-corrected chi connectivity index (χ2v) is 5.42. The van der Waals surface area contributed by atoms with Gasteiger partial charge in [0, 0.05) is 14.1 Å². The first-order valence-electron chi connectivity index (χ1n) is 7.50. The number of likely N-dealkylation sites (N-methyl/N-ethyl adjacent to an activating group) is 1. The molecule has 1 rings (SSSR count). The molecule has 0 spiro atoms. The third kappa shape index (κ3) is 5.74. The molecule has 1 N–H and O–H groups in total. The average Bonchev–Trinajstić information content (AvgIpc) is 2.48. The normalized spacial score (nSPS) is 11.4. The van der Waals surface area contributed by atoms with Crippen LogP contribution in [0.15, 0.2) is 18.2 Å². The molecule has 0 saturated carbocycles. The Balaban J connectivity index is 2.75. The van der Waals surface area contributed by atoms with Crippen molar-refractivity contribution < 1.29 is 22.7 Å². The van der Waals surface area contributed by atoms with Crippen LogP contribution >= 0.6 is 0 Å². The van der Waals surface area contributed by atoms with Crippen LogP contribution in [-0.4, -0.2) is 44.6 Å². The fourth-order valence-electron chi connectivity index (χ4n) is 1.81. The van der Waals surface area contributed by atoms with Crippen LogP contribution in [-0.2, 0) is 10.7 Å². The van der Waals surface area contributed by atoms with E-state index in [0.717, 1.165) is 12.5 Å². The number of hydrogen-bond donors (Lipinski definition) is 1. The molecule has 4 nitrogen and oxygen atoms in total. The molecule has 1 amide bonds. The lowest BCUT2D eigenvalue weighted by molar-refractivity contribution is -0.128. The third-order valence-corrected chi connectivity index (χ3v) is 3.23. The molecule has 0 heterocycles. The summed E-state index contributed by atoms with van der Waals surface area (Å²) >= 11 is 0. The number of ether oxygens (including phenoxy) is 1. The van der Waals surface area contributed by atoms with Crippen molar-refractivity contribution in [3.63, 3.8) is 0 Å². The van der Waals surface area contributed by atoms with Gasteiger partial charge in [0.25, 0.3) is 5.92 Å². The van der Waals surface area contributed by atoms with Crippen LogP contribution in [0.2, 0.25) is 0 Å². The predicted octanol–water partition coefficient (Wildman–Crippen LogP) is 2.77. The highest BCUT2D eigenvalue weighted by molar-refractivity contribution is 5.77. The van der Waals surface area contributed by atoms with Gasteiger partial charge in [-0.15, -0.1) is 0 Å². The number of hydrogen-bond acceptors (Lipinski definition) is 3. The second kappa shape index (κ2) is 8.76. The molecule has 130 valence electrons. The number of benzene rings is 1. The van der Waals surface area contributed by atoms with E-state index in [-0.39, 0.29) is 24.8 Å². The Morgan fingerprint density at radius 1 is 1.35 bits per heavy atom. The summed E-state index contributed by atoms with van der Waals surface area (Å²) in [6.07, 6.45) is 1.58. The molecule has 0 saturated heterocycles. The van der Waals surface area contributed by atoms with Crippen molar-refractivity contribution in [1.29, 1.82) is 0 Å². The maximum atomic E-state index is 14.2. The van der Waals surface area contributed by atoms with Crippen molar-refractivity contribution in [2.24, 2.45) is 0 Å². The van der Waals surface area contributed by atoms with Gasteiger partial charge in [-0.25, -0.2) is 4.39 Å². The Morgan fingerprint density at radius 3 is 2.65 bits per heavy atom.